The smallest absolute Gasteiger partial charge is 0.338 e. The fourth-order valence-corrected chi connectivity index (χ4v) is 4.45. The van der Waals surface area contributed by atoms with Crippen LogP contribution in [0.1, 0.15) is 28.6 Å². The van der Waals surface area contributed by atoms with Crippen molar-refractivity contribution in [3.05, 3.63) is 124 Å². The molecule has 3 aromatic carbocycles. The molecule has 1 aromatic heterocycles. The first-order valence-corrected chi connectivity index (χ1v) is 12.4. The van der Waals surface area contributed by atoms with Gasteiger partial charge in [-0.15, -0.1) is 0 Å². The molecule has 0 bridgehead atoms. The predicted octanol–water partition coefficient (Wildman–Crippen LogP) is 7.90. The van der Waals surface area contributed by atoms with Gasteiger partial charge < -0.3 is 9.15 Å². The van der Waals surface area contributed by atoms with Gasteiger partial charge in [0.05, 0.1) is 22.9 Å². The molecule has 0 spiro atoms. The molecule has 0 aliphatic carbocycles. The summed E-state index contributed by atoms with van der Waals surface area (Å²) in [5.74, 6) is 0.414. The van der Waals surface area contributed by atoms with E-state index in [1.54, 1.807) is 72.5 Å². The molecule has 0 unspecified atom stereocenters. The minimum atomic E-state index is -0.408. The van der Waals surface area contributed by atoms with Crippen molar-refractivity contribution in [1.29, 1.82) is 0 Å². The molecule has 1 aliphatic rings. The van der Waals surface area contributed by atoms with Gasteiger partial charge >= 0.3 is 5.97 Å². The van der Waals surface area contributed by atoms with Gasteiger partial charge in [-0.2, -0.15) is 0 Å². The summed E-state index contributed by atoms with van der Waals surface area (Å²) in [7, 11) is 0. The maximum Gasteiger partial charge on any atom is 0.338 e. The number of amides is 1. The van der Waals surface area contributed by atoms with E-state index in [1.807, 2.05) is 36.4 Å². The fraction of sp³-hybridized carbons (Fsp3) is 0.0667. The van der Waals surface area contributed by atoms with E-state index in [1.165, 1.54) is 0 Å². The third-order valence-corrected chi connectivity index (χ3v) is 6.37. The predicted molar refractivity (Wildman–Crippen MR) is 146 cm³/mol. The molecule has 4 aromatic rings. The zero-order valence-corrected chi connectivity index (χ0v) is 21.3. The van der Waals surface area contributed by atoms with Crippen LogP contribution in [0.15, 0.2) is 101 Å². The number of furan rings is 1. The summed E-state index contributed by atoms with van der Waals surface area (Å²) in [4.78, 5) is 27.3. The molecule has 1 amide bonds. The number of ether oxygens (including phenoxy) is 1. The molecule has 0 radical (unpaired) electrons. The molecule has 7 heteroatoms. The fourth-order valence-electron chi connectivity index (χ4n) is 4.07. The number of anilines is 1. The van der Waals surface area contributed by atoms with E-state index in [0.717, 1.165) is 5.56 Å². The van der Waals surface area contributed by atoms with E-state index >= 15 is 0 Å². The van der Waals surface area contributed by atoms with Gasteiger partial charge in [-0.05, 0) is 79.2 Å². The monoisotopic (exact) mass is 529 g/mol. The molecule has 0 fully saturated rings. The average Bonchev–Trinajstić information content (AvgIpc) is 3.51. The molecule has 1 aliphatic heterocycles. The first-order valence-electron chi connectivity index (χ1n) is 11.6. The van der Waals surface area contributed by atoms with Crippen molar-refractivity contribution in [3.8, 4) is 11.3 Å². The van der Waals surface area contributed by atoms with Gasteiger partial charge in [-0.25, -0.2) is 4.79 Å². The van der Waals surface area contributed by atoms with Crippen molar-refractivity contribution in [3.63, 3.8) is 0 Å². The Bertz CT molecular complexity index is 1540. The number of halogens is 2. The van der Waals surface area contributed by atoms with Crippen molar-refractivity contribution >= 4 is 52.5 Å². The molecule has 0 saturated heterocycles. The second kappa shape index (κ2) is 10.5. The van der Waals surface area contributed by atoms with Gasteiger partial charge in [0.15, 0.2) is 0 Å². The number of hydrogen-bond acceptors (Lipinski definition) is 4. The van der Waals surface area contributed by atoms with Crippen LogP contribution < -0.4 is 4.90 Å². The Hall–Kier alpha value is -4.06. The number of rotatable bonds is 6. The molecule has 0 N–H and O–H groups in total. The maximum absolute atomic E-state index is 13.6. The van der Waals surface area contributed by atoms with Gasteiger partial charge in [-0.3, -0.25) is 9.69 Å². The van der Waals surface area contributed by atoms with Crippen molar-refractivity contribution in [1.82, 2.24) is 0 Å². The van der Waals surface area contributed by atoms with Crippen LogP contribution in [0, 0.1) is 0 Å². The van der Waals surface area contributed by atoms with Crippen LogP contribution in [0.2, 0.25) is 10.0 Å². The molecule has 5 nitrogen and oxygen atoms in total. The highest BCUT2D eigenvalue weighted by molar-refractivity contribution is 6.35. The van der Waals surface area contributed by atoms with Crippen LogP contribution >= 0.6 is 23.2 Å². The summed E-state index contributed by atoms with van der Waals surface area (Å²) in [6.45, 7) is 2.05. The Labute approximate surface area is 224 Å². The molecular formula is C30H21Cl2NO4. The minimum absolute atomic E-state index is 0.221. The number of carbonyl (C=O) groups is 2. The molecule has 0 saturated carbocycles. The average molecular weight is 530 g/mol. The Morgan fingerprint density at radius 2 is 1.73 bits per heavy atom. The second-order valence-electron chi connectivity index (χ2n) is 8.23. The van der Waals surface area contributed by atoms with Gasteiger partial charge in [-0.1, -0.05) is 53.5 Å². The van der Waals surface area contributed by atoms with E-state index in [-0.39, 0.29) is 12.5 Å². The largest absolute Gasteiger partial charge is 0.462 e. The lowest BCUT2D eigenvalue weighted by atomic mass is 10.1. The quantitative estimate of drug-likeness (QED) is 0.188. The Morgan fingerprint density at radius 1 is 0.973 bits per heavy atom. The van der Waals surface area contributed by atoms with Gasteiger partial charge in [0.25, 0.3) is 5.91 Å². The van der Waals surface area contributed by atoms with E-state index in [0.29, 0.717) is 49.7 Å². The van der Waals surface area contributed by atoms with Crippen LogP contribution in [0.4, 0.5) is 5.69 Å². The number of esters is 1. The summed E-state index contributed by atoms with van der Waals surface area (Å²) in [6, 6.07) is 25.1. The highest BCUT2D eigenvalue weighted by Gasteiger charge is 2.31. The van der Waals surface area contributed by atoms with E-state index in [9.17, 15) is 9.59 Å². The minimum Gasteiger partial charge on any atom is -0.462 e. The summed E-state index contributed by atoms with van der Waals surface area (Å²) < 4.78 is 11.1. The van der Waals surface area contributed by atoms with Crippen molar-refractivity contribution < 1.29 is 18.7 Å². The highest BCUT2D eigenvalue weighted by Crippen LogP contribution is 2.37. The molecule has 0 atom stereocenters. The van der Waals surface area contributed by atoms with Crippen molar-refractivity contribution in [2.45, 2.75) is 6.92 Å². The SMILES string of the molecule is CCOC(=O)c1ccc(N2C(=O)/C(=C/c3ccc(-c4cc(Cl)ccc4Cl)o3)C=C2c2ccccc2)cc1. The lowest BCUT2D eigenvalue weighted by Gasteiger charge is -2.21. The number of nitrogens with zero attached hydrogens (tertiary/aromatic N) is 1. The number of hydrogen-bond donors (Lipinski definition) is 0. The summed E-state index contributed by atoms with van der Waals surface area (Å²) >= 11 is 12.4. The lowest BCUT2D eigenvalue weighted by Crippen LogP contribution is -2.25. The van der Waals surface area contributed by atoms with Crippen LogP contribution in [0.5, 0.6) is 0 Å². The van der Waals surface area contributed by atoms with Crippen LogP contribution in [0.25, 0.3) is 23.1 Å². The summed E-state index contributed by atoms with van der Waals surface area (Å²) in [5.41, 5.74) is 3.75. The molecule has 2 heterocycles. The number of benzene rings is 3. The van der Waals surface area contributed by atoms with Gasteiger partial charge in [0, 0.05) is 21.8 Å². The maximum atomic E-state index is 13.6. The van der Waals surface area contributed by atoms with Crippen LogP contribution in [-0.2, 0) is 9.53 Å². The Morgan fingerprint density at radius 3 is 2.46 bits per heavy atom. The molecule has 184 valence electrons. The van der Waals surface area contributed by atoms with Gasteiger partial charge in [0.2, 0.25) is 0 Å². The molecular weight excluding hydrogens is 509 g/mol. The van der Waals surface area contributed by atoms with Crippen LogP contribution in [-0.4, -0.2) is 18.5 Å². The zero-order chi connectivity index (χ0) is 25.9. The molecule has 37 heavy (non-hydrogen) atoms. The first kappa shape index (κ1) is 24.6. The Kier molecular flexibility index (Phi) is 6.99. The lowest BCUT2D eigenvalue weighted by molar-refractivity contribution is -0.113. The first-order chi connectivity index (χ1) is 17.9. The summed E-state index contributed by atoms with van der Waals surface area (Å²) in [5, 5.41) is 1.06. The normalized spacial score (nSPS) is 14.2. The third-order valence-electron chi connectivity index (χ3n) is 5.81. The van der Waals surface area contributed by atoms with E-state index in [2.05, 4.69) is 0 Å². The second-order valence-corrected chi connectivity index (χ2v) is 9.07. The van der Waals surface area contributed by atoms with Crippen molar-refractivity contribution in [2.24, 2.45) is 0 Å². The number of carbonyl (C=O) groups excluding carboxylic acids is 2. The van der Waals surface area contributed by atoms with Crippen molar-refractivity contribution in [2.75, 3.05) is 11.5 Å². The van der Waals surface area contributed by atoms with Crippen LogP contribution in [0.3, 0.4) is 0 Å². The highest BCUT2D eigenvalue weighted by atomic mass is 35.5. The Balaban J connectivity index is 1.51. The topological polar surface area (TPSA) is 59.8 Å². The van der Waals surface area contributed by atoms with E-state index in [4.69, 9.17) is 32.4 Å². The zero-order valence-electron chi connectivity index (χ0n) is 19.8. The van der Waals surface area contributed by atoms with E-state index < -0.39 is 5.97 Å². The molecule has 5 rings (SSSR count). The van der Waals surface area contributed by atoms with Gasteiger partial charge in [0.1, 0.15) is 11.5 Å². The third kappa shape index (κ3) is 5.10. The summed E-state index contributed by atoms with van der Waals surface area (Å²) in [6.07, 6.45) is 3.52. The standard InChI is InChI=1S/C30H21Cl2NO4/c1-2-36-30(35)20-8-11-23(12-9-20)33-27(19-6-4-3-5-7-19)17-21(29(33)34)16-24-13-15-28(37-24)25-18-22(31)10-14-26(25)32/h3-18H,2H2,1H3/b21-16+.